The number of aliphatic hydroxyl groups is 1. The SMILES string of the molecule is CCN(CC)Cc1ccc(C(=O)N2CCC(O)C(C)C2)o1. The molecule has 0 bridgehead atoms. The normalized spacial score (nSPS) is 22.8. The van der Waals surface area contributed by atoms with E-state index in [1.165, 1.54) is 0 Å². The molecule has 1 aliphatic heterocycles. The number of carbonyl (C=O) groups excluding carboxylic acids is 1. The molecule has 21 heavy (non-hydrogen) atoms. The summed E-state index contributed by atoms with van der Waals surface area (Å²) in [6.07, 6.45) is 0.337. The average molecular weight is 294 g/mol. The Morgan fingerprint density at radius 2 is 2.14 bits per heavy atom. The predicted molar refractivity (Wildman–Crippen MR) is 81.0 cm³/mol. The summed E-state index contributed by atoms with van der Waals surface area (Å²) >= 11 is 0. The highest BCUT2D eigenvalue weighted by Gasteiger charge is 2.29. The van der Waals surface area contributed by atoms with E-state index < -0.39 is 0 Å². The Labute approximate surface area is 126 Å². The van der Waals surface area contributed by atoms with Gasteiger partial charge in [0, 0.05) is 13.1 Å². The highest BCUT2D eigenvalue weighted by Crippen LogP contribution is 2.20. The molecule has 0 spiro atoms. The van der Waals surface area contributed by atoms with Crippen molar-refractivity contribution in [3.05, 3.63) is 23.7 Å². The van der Waals surface area contributed by atoms with Gasteiger partial charge in [-0.3, -0.25) is 9.69 Å². The van der Waals surface area contributed by atoms with Gasteiger partial charge in [-0.25, -0.2) is 0 Å². The van der Waals surface area contributed by atoms with Gasteiger partial charge in [0.15, 0.2) is 5.76 Å². The van der Waals surface area contributed by atoms with Crippen molar-refractivity contribution < 1.29 is 14.3 Å². The molecule has 0 saturated carbocycles. The van der Waals surface area contributed by atoms with Gasteiger partial charge in [0.2, 0.25) is 0 Å². The second kappa shape index (κ2) is 7.09. The van der Waals surface area contributed by atoms with Gasteiger partial charge in [-0.05, 0) is 37.6 Å². The van der Waals surface area contributed by atoms with Crippen molar-refractivity contribution in [1.82, 2.24) is 9.80 Å². The van der Waals surface area contributed by atoms with Gasteiger partial charge in [-0.1, -0.05) is 20.8 Å². The molecule has 2 heterocycles. The minimum Gasteiger partial charge on any atom is -0.455 e. The number of amides is 1. The van der Waals surface area contributed by atoms with E-state index in [1.807, 2.05) is 13.0 Å². The fraction of sp³-hybridized carbons (Fsp3) is 0.688. The predicted octanol–water partition coefficient (Wildman–Crippen LogP) is 1.96. The van der Waals surface area contributed by atoms with Crippen LogP contribution in [-0.4, -0.2) is 53.1 Å². The minimum atomic E-state index is -0.302. The maximum atomic E-state index is 12.4. The van der Waals surface area contributed by atoms with E-state index in [1.54, 1.807) is 11.0 Å². The fourth-order valence-electron chi connectivity index (χ4n) is 2.72. The third-order valence-corrected chi connectivity index (χ3v) is 4.29. The van der Waals surface area contributed by atoms with Crippen molar-refractivity contribution in [2.75, 3.05) is 26.2 Å². The molecule has 0 aliphatic carbocycles. The summed E-state index contributed by atoms with van der Waals surface area (Å²) in [5.41, 5.74) is 0. The molecule has 1 N–H and O–H groups in total. The van der Waals surface area contributed by atoms with Crippen LogP contribution in [-0.2, 0) is 6.54 Å². The zero-order valence-corrected chi connectivity index (χ0v) is 13.2. The Morgan fingerprint density at radius 3 is 2.76 bits per heavy atom. The quantitative estimate of drug-likeness (QED) is 0.902. The van der Waals surface area contributed by atoms with E-state index in [0.717, 1.165) is 25.4 Å². The molecule has 5 heteroatoms. The van der Waals surface area contributed by atoms with Crippen LogP contribution in [0.1, 0.15) is 43.5 Å². The third kappa shape index (κ3) is 3.86. The van der Waals surface area contributed by atoms with Gasteiger partial charge in [0.25, 0.3) is 5.91 Å². The van der Waals surface area contributed by atoms with Gasteiger partial charge in [-0.15, -0.1) is 0 Å². The second-order valence-electron chi connectivity index (χ2n) is 5.81. The topological polar surface area (TPSA) is 56.9 Å². The minimum absolute atomic E-state index is 0.0699. The van der Waals surface area contributed by atoms with Crippen LogP contribution in [0.4, 0.5) is 0 Å². The molecule has 5 nitrogen and oxygen atoms in total. The molecule has 0 radical (unpaired) electrons. The van der Waals surface area contributed by atoms with Crippen molar-refractivity contribution in [3.8, 4) is 0 Å². The van der Waals surface area contributed by atoms with Gasteiger partial charge < -0.3 is 14.4 Å². The molecular formula is C16H26N2O3. The molecular weight excluding hydrogens is 268 g/mol. The highest BCUT2D eigenvalue weighted by atomic mass is 16.4. The lowest BCUT2D eigenvalue weighted by Gasteiger charge is -2.33. The number of piperidine rings is 1. The molecule has 118 valence electrons. The molecule has 1 aromatic rings. The van der Waals surface area contributed by atoms with E-state index in [0.29, 0.717) is 25.3 Å². The van der Waals surface area contributed by atoms with Gasteiger partial charge in [0.1, 0.15) is 5.76 Å². The molecule has 0 aromatic carbocycles. The highest BCUT2D eigenvalue weighted by molar-refractivity contribution is 5.91. The molecule has 1 aliphatic rings. The molecule has 1 saturated heterocycles. The van der Waals surface area contributed by atoms with Crippen molar-refractivity contribution in [2.24, 2.45) is 5.92 Å². The first-order valence-electron chi connectivity index (χ1n) is 7.83. The summed E-state index contributed by atoms with van der Waals surface area (Å²) < 4.78 is 5.70. The lowest BCUT2D eigenvalue weighted by Crippen LogP contribution is -2.44. The number of carbonyl (C=O) groups is 1. The third-order valence-electron chi connectivity index (χ3n) is 4.29. The molecule has 1 fully saturated rings. The zero-order valence-electron chi connectivity index (χ0n) is 13.2. The molecule has 2 unspecified atom stereocenters. The van der Waals surface area contributed by atoms with Crippen LogP contribution in [0.15, 0.2) is 16.5 Å². The van der Waals surface area contributed by atoms with Crippen molar-refractivity contribution in [1.29, 1.82) is 0 Å². The van der Waals surface area contributed by atoms with E-state index >= 15 is 0 Å². The largest absolute Gasteiger partial charge is 0.455 e. The van der Waals surface area contributed by atoms with Gasteiger partial charge in [0.05, 0.1) is 12.6 Å². The lowest BCUT2D eigenvalue weighted by molar-refractivity contribution is 0.0278. The average Bonchev–Trinajstić information content (AvgIpc) is 2.95. The van der Waals surface area contributed by atoms with Gasteiger partial charge >= 0.3 is 0 Å². The smallest absolute Gasteiger partial charge is 0.289 e. The van der Waals surface area contributed by atoms with Crippen LogP contribution in [0.25, 0.3) is 0 Å². The van der Waals surface area contributed by atoms with Crippen LogP contribution in [0, 0.1) is 5.92 Å². The van der Waals surface area contributed by atoms with Crippen LogP contribution in [0.5, 0.6) is 0 Å². The van der Waals surface area contributed by atoms with Crippen molar-refractivity contribution in [3.63, 3.8) is 0 Å². The number of aliphatic hydroxyl groups excluding tert-OH is 1. The Morgan fingerprint density at radius 1 is 1.43 bits per heavy atom. The van der Waals surface area contributed by atoms with Crippen LogP contribution >= 0.6 is 0 Å². The monoisotopic (exact) mass is 294 g/mol. The standard InChI is InChI=1S/C16H26N2O3/c1-4-17(5-2)11-13-6-7-15(21-13)16(20)18-9-8-14(19)12(3)10-18/h6-7,12,14,19H,4-5,8-11H2,1-3H3. The Hall–Kier alpha value is -1.33. The second-order valence-corrected chi connectivity index (χ2v) is 5.81. The number of furan rings is 1. The Kier molecular flexibility index (Phi) is 5.42. The van der Waals surface area contributed by atoms with E-state index in [4.69, 9.17) is 4.42 Å². The number of rotatable bonds is 5. The number of hydrogen-bond donors (Lipinski definition) is 1. The van der Waals surface area contributed by atoms with Crippen LogP contribution in [0.3, 0.4) is 0 Å². The summed E-state index contributed by atoms with van der Waals surface area (Å²) in [5, 5.41) is 9.74. The summed E-state index contributed by atoms with van der Waals surface area (Å²) in [5.74, 6) is 1.28. The summed E-state index contributed by atoms with van der Waals surface area (Å²) in [7, 11) is 0. The summed E-state index contributed by atoms with van der Waals surface area (Å²) in [6.45, 7) is 10.0. The van der Waals surface area contributed by atoms with E-state index in [2.05, 4.69) is 18.7 Å². The van der Waals surface area contributed by atoms with Crippen LogP contribution in [0.2, 0.25) is 0 Å². The number of hydrogen-bond acceptors (Lipinski definition) is 4. The first-order chi connectivity index (χ1) is 10.0. The Balaban J connectivity index is 1.99. The zero-order chi connectivity index (χ0) is 15.4. The first-order valence-corrected chi connectivity index (χ1v) is 7.83. The van der Waals surface area contributed by atoms with Crippen molar-refractivity contribution in [2.45, 2.75) is 39.8 Å². The fourth-order valence-corrected chi connectivity index (χ4v) is 2.72. The molecule has 2 rings (SSSR count). The summed E-state index contributed by atoms with van der Waals surface area (Å²) in [4.78, 5) is 16.4. The number of likely N-dealkylation sites (tertiary alicyclic amines) is 1. The molecule has 1 aromatic heterocycles. The Bertz CT molecular complexity index is 468. The molecule has 2 atom stereocenters. The molecule has 1 amide bonds. The van der Waals surface area contributed by atoms with Crippen LogP contribution < -0.4 is 0 Å². The maximum absolute atomic E-state index is 12.4. The van der Waals surface area contributed by atoms with E-state index in [9.17, 15) is 9.90 Å². The van der Waals surface area contributed by atoms with E-state index in [-0.39, 0.29) is 17.9 Å². The lowest BCUT2D eigenvalue weighted by atomic mass is 9.96. The summed E-state index contributed by atoms with van der Waals surface area (Å²) in [6, 6.07) is 3.64. The number of nitrogens with zero attached hydrogens (tertiary/aromatic N) is 2. The first kappa shape index (κ1) is 16.0. The van der Waals surface area contributed by atoms with Crippen molar-refractivity contribution >= 4 is 5.91 Å². The maximum Gasteiger partial charge on any atom is 0.289 e. The van der Waals surface area contributed by atoms with Gasteiger partial charge in [-0.2, -0.15) is 0 Å².